The lowest BCUT2D eigenvalue weighted by atomic mass is 10.1. The van der Waals surface area contributed by atoms with Crippen LogP contribution in [0.1, 0.15) is 20.7 Å². The first-order chi connectivity index (χ1) is 11.6. The molecule has 0 unspecified atom stereocenters. The molecule has 8 nitrogen and oxygen atoms in total. The van der Waals surface area contributed by atoms with Crippen LogP contribution >= 0.6 is 0 Å². The lowest BCUT2D eigenvalue weighted by molar-refractivity contribution is 0.0224. The molecular weight excluding hydrogens is 316 g/mol. The van der Waals surface area contributed by atoms with Crippen molar-refractivity contribution in [2.24, 2.45) is 0 Å². The van der Waals surface area contributed by atoms with E-state index in [9.17, 15) is 14.4 Å². The number of nitrogens with one attached hydrogen (secondary N) is 1. The number of alkyl carbamates (subject to hydrolysis) is 1. The molecule has 0 atom stereocenters. The molecule has 24 heavy (non-hydrogen) atoms. The predicted molar refractivity (Wildman–Crippen MR) is 83.9 cm³/mol. The van der Waals surface area contributed by atoms with Crippen LogP contribution in [0.25, 0.3) is 0 Å². The molecule has 1 N–H and O–H groups in total. The van der Waals surface area contributed by atoms with Crippen molar-refractivity contribution in [3.05, 3.63) is 35.4 Å². The van der Waals surface area contributed by atoms with Crippen molar-refractivity contribution in [1.82, 2.24) is 10.2 Å². The quantitative estimate of drug-likeness (QED) is 0.526. The second-order valence-electron chi connectivity index (χ2n) is 4.92. The van der Waals surface area contributed by atoms with Crippen molar-refractivity contribution in [1.29, 1.82) is 0 Å². The van der Waals surface area contributed by atoms with E-state index in [2.05, 4.69) is 5.32 Å². The number of benzene rings is 1. The Labute approximate surface area is 139 Å². The molecule has 1 aromatic carbocycles. The third-order valence-electron chi connectivity index (χ3n) is 3.37. The molecule has 0 fully saturated rings. The topological polar surface area (TPSA) is 94.2 Å². The minimum Gasteiger partial charge on any atom is -0.447 e. The van der Waals surface area contributed by atoms with E-state index >= 15 is 0 Å². The molecule has 0 spiro atoms. The number of ether oxygens (including phenoxy) is 3. The van der Waals surface area contributed by atoms with Gasteiger partial charge in [0.1, 0.15) is 6.61 Å². The van der Waals surface area contributed by atoms with Crippen LogP contribution in [0.5, 0.6) is 0 Å². The largest absolute Gasteiger partial charge is 0.447 e. The molecule has 1 heterocycles. The van der Waals surface area contributed by atoms with Gasteiger partial charge in [-0.05, 0) is 12.1 Å². The van der Waals surface area contributed by atoms with Crippen LogP contribution in [0.3, 0.4) is 0 Å². The van der Waals surface area contributed by atoms with E-state index in [-0.39, 0.29) is 38.2 Å². The van der Waals surface area contributed by atoms with Crippen molar-refractivity contribution in [2.45, 2.75) is 0 Å². The summed E-state index contributed by atoms with van der Waals surface area (Å²) in [6.07, 6.45) is -0.504. The number of hydrogen-bond acceptors (Lipinski definition) is 6. The van der Waals surface area contributed by atoms with Gasteiger partial charge in [-0.15, -0.1) is 0 Å². The number of carbonyl (C=O) groups excluding carboxylic acids is 3. The van der Waals surface area contributed by atoms with E-state index in [1.54, 1.807) is 24.3 Å². The molecule has 3 amide bonds. The van der Waals surface area contributed by atoms with Gasteiger partial charge < -0.3 is 19.5 Å². The number of hydrogen-bond donors (Lipinski definition) is 1. The van der Waals surface area contributed by atoms with Crippen LogP contribution < -0.4 is 5.32 Å². The number of imide groups is 1. The van der Waals surface area contributed by atoms with Gasteiger partial charge in [0.25, 0.3) is 11.8 Å². The first-order valence-corrected chi connectivity index (χ1v) is 7.60. The Bertz CT molecular complexity index is 569. The number of rotatable bonds is 9. The Kier molecular flexibility index (Phi) is 6.71. The Morgan fingerprint density at radius 3 is 2.08 bits per heavy atom. The SMILES string of the molecule is CNC(=O)OCCOCCOCCN1C(=O)c2ccccc2C1=O. The van der Waals surface area contributed by atoms with E-state index < -0.39 is 6.09 Å². The monoisotopic (exact) mass is 336 g/mol. The minimum atomic E-state index is -0.504. The van der Waals surface area contributed by atoms with Gasteiger partial charge in [-0.25, -0.2) is 4.79 Å². The van der Waals surface area contributed by atoms with Crippen LogP contribution in [0.2, 0.25) is 0 Å². The van der Waals surface area contributed by atoms with Crippen LogP contribution in [0.15, 0.2) is 24.3 Å². The summed E-state index contributed by atoms with van der Waals surface area (Å²) in [4.78, 5) is 36.2. The highest BCUT2D eigenvalue weighted by atomic mass is 16.6. The third kappa shape index (κ3) is 4.53. The molecular formula is C16H20N2O6. The maximum absolute atomic E-state index is 12.1. The van der Waals surface area contributed by atoms with Crippen LogP contribution in [0.4, 0.5) is 4.79 Å². The Morgan fingerprint density at radius 2 is 1.50 bits per heavy atom. The minimum absolute atomic E-state index is 0.161. The molecule has 8 heteroatoms. The van der Waals surface area contributed by atoms with Crippen molar-refractivity contribution in [2.75, 3.05) is 46.6 Å². The summed E-state index contributed by atoms with van der Waals surface area (Å²) in [7, 11) is 1.48. The van der Waals surface area contributed by atoms with Crippen molar-refractivity contribution in [3.63, 3.8) is 0 Å². The smallest absolute Gasteiger partial charge is 0.406 e. The fourth-order valence-corrected chi connectivity index (χ4v) is 2.19. The first kappa shape index (κ1) is 17.9. The summed E-state index contributed by atoms with van der Waals surface area (Å²) in [5.41, 5.74) is 0.865. The van der Waals surface area contributed by atoms with E-state index in [1.165, 1.54) is 11.9 Å². The molecule has 2 rings (SSSR count). The predicted octanol–water partition coefficient (Wildman–Crippen LogP) is 0.672. The molecule has 1 aromatic rings. The molecule has 0 aliphatic carbocycles. The highest BCUT2D eigenvalue weighted by Gasteiger charge is 2.34. The molecule has 0 radical (unpaired) electrons. The van der Waals surface area contributed by atoms with Crippen LogP contribution in [-0.4, -0.2) is 69.4 Å². The van der Waals surface area contributed by atoms with E-state index in [1.807, 2.05) is 0 Å². The number of fused-ring (bicyclic) bond motifs is 1. The molecule has 1 aliphatic rings. The molecule has 0 saturated heterocycles. The van der Waals surface area contributed by atoms with Gasteiger partial charge in [0.15, 0.2) is 0 Å². The normalized spacial score (nSPS) is 13.1. The summed E-state index contributed by atoms with van der Waals surface area (Å²) in [6, 6.07) is 6.75. The maximum Gasteiger partial charge on any atom is 0.406 e. The maximum atomic E-state index is 12.1. The summed E-state index contributed by atoms with van der Waals surface area (Å²) < 4.78 is 15.3. The van der Waals surface area contributed by atoms with Gasteiger partial charge in [0, 0.05) is 7.05 Å². The van der Waals surface area contributed by atoms with Crippen molar-refractivity contribution >= 4 is 17.9 Å². The lowest BCUT2D eigenvalue weighted by Crippen LogP contribution is -2.33. The van der Waals surface area contributed by atoms with Crippen molar-refractivity contribution < 1.29 is 28.6 Å². The first-order valence-electron chi connectivity index (χ1n) is 7.60. The highest BCUT2D eigenvalue weighted by molar-refractivity contribution is 6.21. The van der Waals surface area contributed by atoms with Gasteiger partial charge >= 0.3 is 6.09 Å². The second kappa shape index (κ2) is 8.99. The zero-order valence-electron chi connectivity index (χ0n) is 13.4. The summed E-state index contributed by atoms with van der Waals surface area (Å²) in [5, 5.41) is 2.32. The lowest BCUT2D eigenvalue weighted by Gasteiger charge is -2.13. The average Bonchev–Trinajstić information content (AvgIpc) is 2.85. The standard InChI is InChI=1S/C16H20N2O6/c1-17-16(21)24-11-10-23-9-8-22-7-6-18-14(19)12-4-2-3-5-13(12)15(18)20/h2-5H,6-11H2,1H3,(H,17,21). The second-order valence-corrected chi connectivity index (χ2v) is 4.92. The van der Waals surface area contributed by atoms with E-state index in [0.29, 0.717) is 24.3 Å². The fraction of sp³-hybridized carbons (Fsp3) is 0.438. The fourth-order valence-electron chi connectivity index (χ4n) is 2.19. The zero-order valence-corrected chi connectivity index (χ0v) is 13.4. The van der Waals surface area contributed by atoms with Gasteiger partial charge in [0.2, 0.25) is 0 Å². The zero-order chi connectivity index (χ0) is 17.4. The van der Waals surface area contributed by atoms with Gasteiger partial charge in [-0.2, -0.15) is 0 Å². The summed E-state index contributed by atoms with van der Waals surface area (Å²) >= 11 is 0. The Hall–Kier alpha value is -2.45. The highest BCUT2D eigenvalue weighted by Crippen LogP contribution is 2.21. The molecule has 1 aliphatic heterocycles. The number of amides is 3. The molecule has 0 saturated carbocycles. The van der Waals surface area contributed by atoms with Gasteiger partial charge in [-0.1, -0.05) is 12.1 Å². The molecule has 0 aromatic heterocycles. The molecule has 0 bridgehead atoms. The molecule has 130 valence electrons. The van der Waals surface area contributed by atoms with E-state index in [4.69, 9.17) is 14.2 Å². The van der Waals surface area contributed by atoms with Gasteiger partial charge in [-0.3, -0.25) is 14.5 Å². The Morgan fingerprint density at radius 1 is 0.958 bits per heavy atom. The van der Waals surface area contributed by atoms with Crippen LogP contribution in [0, 0.1) is 0 Å². The van der Waals surface area contributed by atoms with Crippen LogP contribution in [-0.2, 0) is 14.2 Å². The average molecular weight is 336 g/mol. The van der Waals surface area contributed by atoms with Gasteiger partial charge in [0.05, 0.1) is 44.1 Å². The van der Waals surface area contributed by atoms with Crippen molar-refractivity contribution in [3.8, 4) is 0 Å². The number of carbonyl (C=O) groups is 3. The summed E-state index contributed by atoms with van der Waals surface area (Å²) in [6.45, 7) is 1.53. The Balaban J connectivity index is 1.57. The van der Waals surface area contributed by atoms with E-state index in [0.717, 1.165) is 0 Å². The number of nitrogens with zero attached hydrogens (tertiary/aromatic N) is 1. The third-order valence-corrected chi connectivity index (χ3v) is 3.37. The summed E-state index contributed by atoms with van der Waals surface area (Å²) in [5.74, 6) is -0.580.